The zero-order chi connectivity index (χ0) is 14.9. The Hall–Kier alpha value is -1.23. The van der Waals surface area contributed by atoms with Crippen LogP contribution >= 0.6 is 11.3 Å². The molecule has 2 atom stereocenters. The highest BCUT2D eigenvalue weighted by molar-refractivity contribution is 7.11. The Labute approximate surface area is 130 Å². The minimum absolute atomic E-state index is 0.217. The van der Waals surface area contributed by atoms with E-state index in [1.807, 2.05) is 19.2 Å². The van der Waals surface area contributed by atoms with Gasteiger partial charge in [-0.1, -0.05) is 24.3 Å². The lowest BCUT2D eigenvalue weighted by Gasteiger charge is -2.35. The van der Waals surface area contributed by atoms with Crippen LogP contribution in [0.2, 0.25) is 0 Å². The second-order valence-electron chi connectivity index (χ2n) is 5.93. The van der Waals surface area contributed by atoms with Crippen molar-refractivity contribution in [2.75, 3.05) is 6.54 Å². The number of aliphatic hydroxyl groups is 1. The molecule has 0 unspecified atom stereocenters. The SMILES string of the molecule is Cc1ncc([C@@H](C)NC[C@@]2(O)CCCc3ccccc32)s1. The number of hydrogen-bond acceptors (Lipinski definition) is 4. The number of thiazole rings is 1. The van der Waals surface area contributed by atoms with Gasteiger partial charge in [0.2, 0.25) is 0 Å². The summed E-state index contributed by atoms with van der Waals surface area (Å²) in [7, 11) is 0. The maximum Gasteiger partial charge on any atom is 0.102 e. The molecule has 0 saturated carbocycles. The van der Waals surface area contributed by atoms with Crippen molar-refractivity contribution in [2.45, 2.75) is 44.8 Å². The number of rotatable bonds is 4. The van der Waals surface area contributed by atoms with Crippen LogP contribution < -0.4 is 5.32 Å². The first-order valence-corrected chi connectivity index (χ1v) is 8.37. The highest BCUT2D eigenvalue weighted by Crippen LogP contribution is 2.35. The summed E-state index contributed by atoms with van der Waals surface area (Å²) in [5.74, 6) is 0. The zero-order valence-electron chi connectivity index (χ0n) is 12.6. The summed E-state index contributed by atoms with van der Waals surface area (Å²) in [6.45, 7) is 4.74. The van der Waals surface area contributed by atoms with Crippen LogP contribution in [0.4, 0.5) is 0 Å². The number of nitrogens with one attached hydrogen (secondary N) is 1. The van der Waals surface area contributed by atoms with Crippen molar-refractivity contribution >= 4 is 11.3 Å². The van der Waals surface area contributed by atoms with E-state index in [9.17, 15) is 5.11 Å². The minimum Gasteiger partial charge on any atom is -0.384 e. The molecule has 1 aliphatic rings. The Kier molecular flexibility index (Phi) is 4.11. The molecule has 0 saturated heterocycles. The van der Waals surface area contributed by atoms with E-state index >= 15 is 0 Å². The quantitative estimate of drug-likeness (QED) is 0.910. The van der Waals surface area contributed by atoms with E-state index in [0.29, 0.717) is 6.54 Å². The van der Waals surface area contributed by atoms with E-state index in [4.69, 9.17) is 0 Å². The number of aryl methyl sites for hydroxylation is 2. The van der Waals surface area contributed by atoms with Gasteiger partial charge in [-0.3, -0.25) is 0 Å². The molecule has 3 rings (SSSR count). The topological polar surface area (TPSA) is 45.2 Å². The first-order chi connectivity index (χ1) is 10.1. The first-order valence-electron chi connectivity index (χ1n) is 7.55. The monoisotopic (exact) mass is 302 g/mol. The summed E-state index contributed by atoms with van der Waals surface area (Å²) in [6, 6.07) is 8.49. The maximum absolute atomic E-state index is 11.0. The highest BCUT2D eigenvalue weighted by Gasteiger charge is 2.34. The summed E-state index contributed by atoms with van der Waals surface area (Å²) in [4.78, 5) is 5.52. The van der Waals surface area contributed by atoms with Crippen LogP contribution in [0.5, 0.6) is 0 Å². The Morgan fingerprint density at radius 2 is 2.24 bits per heavy atom. The molecule has 2 N–H and O–H groups in total. The minimum atomic E-state index is -0.747. The Bertz CT molecular complexity index is 625. The number of hydrogen-bond donors (Lipinski definition) is 2. The molecule has 2 aromatic rings. The van der Waals surface area contributed by atoms with Gasteiger partial charge in [0.15, 0.2) is 0 Å². The molecule has 112 valence electrons. The van der Waals surface area contributed by atoms with Gasteiger partial charge in [-0.2, -0.15) is 0 Å². The molecule has 3 nitrogen and oxygen atoms in total. The van der Waals surface area contributed by atoms with E-state index in [2.05, 4.69) is 35.4 Å². The number of nitrogens with zero attached hydrogens (tertiary/aromatic N) is 1. The maximum atomic E-state index is 11.0. The van der Waals surface area contributed by atoms with E-state index in [-0.39, 0.29) is 6.04 Å². The summed E-state index contributed by atoms with van der Waals surface area (Å²) < 4.78 is 0. The van der Waals surface area contributed by atoms with Crippen molar-refractivity contribution in [3.8, 4) is 0 Å². The molecule has 4 heteroatoms. The van der Waals surface area contributed by atoms with Crippen LogP contribution in [0.3, 0.4) is 0 Å². The van der Waals surface area contributed by atoms with Crippen molar-refractivity contribution in [3.63, 3.8) is 0 Å². The van der Waals surface area contributed by atoms with Crippen molar-refractivity contribution in [1.82, 2.24) is 10.3 Å². The fourth-order valence-electron chi connectivity index (χ4n) is 3.08. The van der Waals surface area contributed by atoms with Gasteiger partial charge in [0.05, 0.1) is 5.01 Å². The van der Waals surface area contributed by atoms with Crippen molar-refractivity contribution in [2.24, 2.45) is 0 Å². The van der Waals surface area contributed by atoms with Crippen LogP contribution in [0, 0.1) is 6.92 Å². The molecule has 0 fully saturated rings. The second kappa shape index (κ2) is 5.87. The molecule has 0 aliphatic heterocycles. The van der Waals surface area contributed by atoms with Gasteiger partial charge in [-0.15, -0.1) is 11.3 Å². The first kappa shape index (κ1) is 14.7. The van der Waals surface area contributed by atoms with E-state index in [1.54, 1.807) is 11.3 Å². The van der Waals surface area contributed by atoms with E-state index in [1.165, 1.54) is 10.4 Å². The number of aromatic nitrogens is 1. The number of benzene rings is 1. The smallest absolute Gasteiger partial charge is 0.102 e. The number of fused-ring (bicyclic) bond motifs is 1. The normalized spacial score (nSPS) is 22.8. The molecule has 21 heavy (non-hydrogen) atoms. The third-order valence-corrected chi connectivity index (χ3v) is 5.42. The summed E-state index contributed by atoms with van der Waals surface area (Å²) >= 11 is 1.71. The Morgan fingerprint density at radius 1 is 1.43 bits per heavy atom. The molecule has 1 aliphatic carbocycles. The lowest BCUT2D eigenvalue weighted by molar-refractivity contribution is 0.0171. The Balaban J connectivity index is 1.73. The molecular formula is C17H22N2OS. The molecule has 0 spiro atoms. The van der Waals surface area contributed by atoms with Gasteiger partial charge in [0, 0.05) is 23.7 Å². The predicted octanol–water partition coefficient (Wildman–Crippen LogP) is 3.33. The van der Waals surface area contributed by atoms with Crippen LogP contribution in [0.15, 0.2) is 30.5 Å². The van der Waals surface area contributed by atoms with Crippen molar-refractivity contribution in [1.29, 1.82) is 0 Å². The predicted molar refractivity (Wildman–Crippen MR) is 86.5 cm³/mol. The third-order valence-electron chi connectivity index (χ3n) is 4.32. The van der Waals surface area contributed by atoms with Crippen LogP contribution in [-0.4, -0.2) is 16.6 Å². The third kappa shape index (κ3) is 3.03. The lowest BCUT2D eigenvalue weighted by Crippen LogP contribution is -2.41. The fraction of sp³-hybridized carbons (Fsp3) is 0.471. The lowest BCUT2D eigenvalue weighted by atomic mass is 9.79. The van der Waals surface area contributed by atoms with Crippen LogP contribution in [-0.2, 0) is 12.0 Å². The van der Waals surface area contributed by atoms with Gasteiger partial charge in [0.25, 0.3) is 0 Å². The van der Waals surface area contributed by atoms with Crippen LogP contribution in [0.1, 0.15) is 46.8 Å². The molecule has 0 radical (unpaired) electrons. The fourth-order valence-corrected chi connectivity index (χ4v) is 3.89. The molecule has 0 bridgehead atoms. The summed E-state index contributed by atoms with van der Waals surface area (Å²) in [6.07, 6.45) is 4.87. The molecule has 0 amide bonds. The zero-order valence-corrected chi connectivity index (χ0v) is 13.4. The van der Waals surface area contributed by atoms with E-state index in [0.717, 1.165) is 29.8 Å². The van der Waals surface area contributed by atoms with Gasteiger partial charge in [-0.05, 0) is 44.2 Å². The Morgan fingerprint density at radius 3 is 3.00 bits per heavy atom. The molecule has 1 aromatic carbocycles. The molecular weight excluding hydrogens is 280 g/mol. The average molecular weight is 302 g/mol. The standard InChI is InChI=1S/C17H22N2OS/c1-12(16-10-18-13(2)21-16)19-11-17(20)9-5-7-14-6-3-4-8-15(14)17/h3-4,6,8,10,12,19-20H,5,7,9,11H2,1-2H3/t12-,17+/m1/s1. The van der Waals surface area contributed by atoms with Crippen molar-refractivity contribution < 1.29 is 5.11 Å². The van der Waals surface area contributed by atoms with Crippen LogP contribution in [0.25, 0.3) is 0 Å². The van der Waals surface area contributed by atoms with Gasteiger partial charge < -0.3 is 10.4 Å². The van der Waals surface area contributed by atoms with Crippen molar-refractivity contribution in [3.05, 3.63) is 51.5 Å². The molecule has 1 aromatic heterocycles. The second-order valence-corrected chi connectivity index (χ2v) is 7.19. The largest absolute Gasteiger partial charge is 0.384 e. The van der Waals surface area contributed by atoms with Gasteiger partial charge >= 0.3 is 0 Å². The van der Waals surface area contributed by atoms with E-state index < -0.39 is 5.60 Å². The summed E-state index contributed by atoms with van der Waals surface area (Å²) in [5, 5.41) is 15.6. The van der Waals surface area contributed by atoms with Gasteiger partial charge in [0.1, 0.15) is 5.60 Å². The highest BCUT2D eigenvalue weighted by atomic mass is 32.1. The molecule has 1 heterocycles. The summed E-state index contributed by atoms with van der Waals surface area (Å²) in [5.41, 5.74) is 1.63. The average Bonchev–Trinajstić information content (AvgIpc) is 2.92. The van der Waals surface area contributed by atoms with Gasteiger partial charge in [-0.25, -0.2) is 4.98 Å².